The average molecular weight is 381 g/mol. The Kier molecular flexibility index (Phi) is 5.62. The van der Waals surface area contributed by atoms with Gasteiger partial charge in [-0.05, 0) is 73.8 Å². The van der Waals surface area contributed by atoms with Crippen LogP contribution in [-0.2, 0) is 6.42 Å². The maximum absolute atomic E-state index is 13.1. The van der Waals surface area contributed by atoms with Gasteiger partial charge in [0.25, 0.3) is 5.91 Å². The fraction of sp³-hybridized carbons (Fsp3) is 0.435. The summed E-state index contributed by atoms with van der Waals surface area (Å²) in [5, 5.41) is 3.08. The van der Waals surface area contributed by atoms with E-state index in [2.05, 4.69) is 40.4 Å². The molecule has 5 heteroatoms. The first-order chi connectivity index (χ1) is 13.6. The quantitative estimate of drug-likeness (QED) is 0.856. The monoisotopic (exact) mass is 381 g/mol. The minimum Gasteiger partial charge on any atom is -0.374 e. The highest BCUT2D eigenvalue weighted by atomic mass is 19.1. The second-order valence-corrected chi connectivity index (χ2v) is 7.89. The van der Waals surface area contributed by atoms with Crippen molar-refractivity contribution in [2.45, 2.75) is 31.7 Å². The minimum atomic E-state index is -0.328. The lowest BCUT2D eigenvalue weighted by atomic mass is 9.98. The SMILES string of the molecule is CN1CCc2cc([C@H](CNC(=O)c3ccc(F)cc3)N3CCCCC3)ccc21. The third-order valence-corrected chi connectivity index (χ3v) is 6.01. The van der Waals surface area contributed by atoms with E-state index in [1.165, 1.54) is 60.3 Å². The van der Waals surface area contributed by atoms with E-state index in [0.717, 1.165) is 26.1 Å². The smallest absolute Gasteiger partial charge is 0.251 e. The number of nitrogens with one attached hydrogen (secondary N) is 1. The van der Waals surface area contributed by atoms with Crippen LogP contribution in [-0.4, -0.2) is 44.0 Å². The molecule has 0 bridgehead atoms. The number of halogens is 1. The van der Waals surface area contributed by atoms with E-state index < -0.39 is 0 Å². The number of amides is 1. The van der Waals surface area contributed by atoms with Crippen molar-refractivity contribution < 1.29 is 9.18 Å². The van der Waals surface area contributed by atoms with Crippen molar-refractivity contribution in [3.8, 4) is 0 Å². The Bertz CT molecular complexity index is 830. The van der Waals surface area contributed by atoms with E-state index in [1.807, 2.05) is 0 Å². The molecule has 2 aromatic carbocycles. The number of hydrogen-bond donors (Lipinski definition) is 1. The number of benzene rings is 2. The van der Waals surface area contributed by atoms with Crippen molar-refractivity contribution in [1.29, 1.82) is 0 Å². The molecule has 2 heterocycles. The van der Waals surface area contributed by atoms with Crippen LogP contribution in [0.25, 0.3) is 0 Å². The summed E-state index contributed by atoms with van der Waals surface area (Å²) in [6, 6.07) is 12.6. The number of piperidine rings is 1. The first-order valence-electron chi connectivity index (χ1n) is 10.2. The van der Waals surface area contributed by atoms with Crippen LogP contribution in [0.5, 0.6) is 0 Å². The highest BCUT2D eigenvalue weighted by Gasteiger charge is 2.25. The summed E-state index contributed by atoms with van der Waals surface area (Å²) in [4.78, 5) is 17.3. The molecule has 148 valence electrons. The zero-order chi connectivity index (χ0) is 19.5. The van der Waals surface area contributed by atoms with Crippen LogP contribution >= 0.6 is 0 Å². The topological polar surface area (TPSA) is 35.6 Å². The predicted molar refractivity (Wildman–Crippen MR) is 110 cm³/mol. The largest absolute Gasteiger partial charge is 0.374 e. The fourth-order valence-corrected chi connectivity index (χ4v) is 4.37. The molecule has 4 nitrogen and oxygen atoms in total. The normalized spacial score (nSPS) is 18.0. The molecule has 0 unspecified atom stereocenters. The van der Waals surface area contributed by atoms with Crippen molar-refractivity contribution >= 4 is 11.6 Å². The van der Waals surface area contributed by atoms with Crippen LogP contribution in [0.1, 0.15) is 46.8 Å². The molecule has 1 saturated heterocycles. The van der Waals surface area contributed by atoms with E-state index in [1.54, 1.807) is 0 Å². The van der Waals surface area contributed by atoms with Crippen molar-refractivity contribution in [1.82, 2.24) is 10.2 Å². The average Bonchev–Trinajstić information content (AvgIpc) is 3.10. The molecule has 0 spiro atoms. The van der Waals surface area contributed by atoms with Crippen LogP contribution < -0.4 is 10.2 Å². The van der Waals surface area contributed by atoms with Crippen LogP contribution in [0.3, 0.4) is 0 Å². The number of likely N-dealkylation sites (N-methyl/N-ethyl adjacent to an activating group) is 1. The maximum Gasteiger partial charge on any atom is 0.251 e. The lowest BCUT2D eigenvalue weighted by Crippen LogP contribution is -2.40. The zero-order valence-electron chi connectivity index (χ0n) is 16.5. The molecule has 28 heavy (non-hydrogen) atoms. The van der Waals surface area contributed by atoms with E-state index in [-0.39, 0.29) is 17.8 Å². The van der Waals surface area contributed by atoms with Crippen molar-refractivity contribution in [2.24, 2.45) is 0 Å². The van der Waals surface area contributed by atoms with Crippen LogP contribution in [0.15, 0.2) is 42.5 Å². The summed E-state index contributed by atoms with van der Waals surface area (Å²) in [6.45, 7) is 3.75. The highest BCUT2D eigenvalue weighted by Crippen LogP contribution is 2.32. The molecule has 2 aromatic rings. The van der Waals surface area contributed by atoms with Gasteiger partial charge in [0.05, 0.1) is 6.04 Å². The standard InChI is InChI=1S/C23H28FN3O/c1-26-14-11-19-15-18(7-10-21(19)26)22(27-12-3-2-4-13-27)16-25-23(28)17-5-8-20(24)9-6-17/h5-10,15,22H,2-4,11-14,16H2,1H3,(H,25,28)/t22-/m0/s1. The summed E-state index contributed by atoms with van der Waals surface area (Å²) < 4.78 is 13.1. The number of fused-ring (bicyclic) bond motifs is 1. The van der Waals surface area contributed by atoms with Gasteiger partial charge >= 0.3 is 0 Å². The van der Waals surface area contributed by atoms with Gasteiger partial charge in [0.15, 0.2) is 0 Å². The van der Waals surface area contributed by atoms with Crippen molar-refractivity contribution in [2.75, 3.05) is 38.1 Å². The second-order valence-electron chi connectivity index (χ2n) is 7.89. The molecule has 0 aromatic heterocycles. The van der Waals surface area contributed by atoms with Crippen LogP contribution in [0.2, 0.25) is 0 Å². The minimum absolute atomic E-state index is 0.150. The van der Waals surface area contributed by atoms with Crippen LogP contribution in [0.4, 0.5) is 10.1 Å². The van der Waals surface area contributed by atoms with Gasteiger partial charge in [-0.25, -0.2) is 4.39 Å². The first kappa shape index (κ1) is 18.9. The number of likely N-dealkylation sites (tertiary alicyclic amines) is 1. The van der Waals surface area contributed by atoms with Gasteiger partial charge in [-0.2, -0.15) is 0 Å². The number of carbonyl (C=O) groups excluding carboxylic acids is 1. The summed E-state index contributed by atoms with van der Waals surface area (Å²) in [7, 11) is 2.14. The Morgan fingerprint density at radius 2 is 1.82 bits per heavy atom. The number of carbonyl (C=O) groups is 1. The molecule has 1 fully saturated rings. The van der Waals surface area contributed by atoms with Gasteiger partial charge in [0.1, 0.15) is 5.82 Å². The molecule has 0 saturated carbocycles. The van der Waals surface area contributed by atoms with Gasteiger partial charge < -0.3 is 10.2 Å². The summed E-state index contributed by atoms with van der Waals surface area (Å²) >= 11 is 0. The van der Waals surface area contributed by atoms with Gasteiger partial charge in [0.2, 0.25) is 0 Å². The van der Waals surface area contributed by atoms with Gasteiger partial charge in [-0.1, -0.05) is 18.6 Å². The Morgan fingerprint density at radius 3 is 2.57 bits per heavy atom. The maximum atomic E-state index is 13.1. The third kappa shape index (κ3) is 4.04. The Balaban J connectivity index is 1.52. The third-order valence-electron chi connectivity index (χ3n) is 6.01. The van der Waals surface area contributed by atoms with Crippen LogP contribution in [0, 0.1) is 5.82 Å². The number of hydrogen-bond acceptors (Lipinski definition) is 3. The molecule has 0 aliphatic carbocycles. The van der Waals surface area contributed by atoms with Gasteiger partial charge in [-0.3, -0.25) is 9.69 Å². The highest BCUT2D eigenvalue weighted by molar-refractivity contribution is 5.94. The summed E-state index contributed by atoms with van der Waals surface area (Å²) in [6.07, 6.45) is 4.76. The molecule has 2 aliphatic heterocycles. The predicted octanol–water partition coefficient (Wildman–Crippen LogP) is 3.78. The van der Waals surface area contributed by atoms with E-state index in [9.17, 15) is 9.18 Å². The number of anilines is 1. The Hall–Kier alpha value is -2.40. The molecule has 4 rings (SSSR count). The first-order valence-corrected chi connectivity index (χ1v) is 10.2. The molecule has 0 radical (unpaired) electrons. The van der Waals surface area contributed by atoms with E-state index >= 15 is 0 Å². The Labute approximate surface area is 166 Å². The zero-order valence-corrected chi connectivity index (χ0v) is 16.5. The van der Waals surface area contributed by atoms with Crippen molar-refractivity contribution in [3.63, 3.8) is 0 Å². The Morgan fingerprint density at radius 1 is 1.07 bits per heavy atom. The number of rotatable bonds is 5. The summed E-state index contributed by atoms with van der Waals surface area (Å²) in [5.41, 5.74) is 4.48. The molecule has 1 amide bonds. The fourth-order valence-electron chi connectivity index (χ4n) is 4.37. The molecule has 1 N–H and O–H groups in total. The summed E-state index contributed by atoms with van der Waals surface area (Å²) in [5.74, 6) is -0.478. The van der Waals surface area contributed by atoms with Gasteiger partial charge in [0, 0.05) is 31.4 Å². The molecule has 2 aliphatic rings. The second kappa shape index (κ2) is 8.31. The lowest BCUT2D eigenvalue weighted by molar-refractivity contribution is 0.0924. The van der Waals surface area contributed by atoms with Gasteiger partial charge in [-0.15, -0.1) is 0 Å². The lowest BCUT2D eigenvalue weighted by Gasteiger charge is -2.35. The van der Waals surface area contributed by atoms with E-state index in [4.69, 9.17) is 0 Å². The molecule has 1 atom stereocenters. The molecular weight excluding hydrogens is 353 g/mol. The van der Waals surface area contributed by atoms with E-state index in [0.29, 0.717) is 12.1 Å². The molecular formula is C23H28FN3O. The van der Waals surface area contributed by atoms with Crippen molar-refractivity contribution in [3.05, 3.63) is 65.0 Å². The number of nitrogens with zero attached hydrogens (tertiary/aromatic N) is 2.